The van der Waals surface area contributed by atoms with Gasteiger partial charge in [-0.2, -0.15) is 0 Å². The molecule has 1 saturated heterocycles. The first-order chi connectivity index (χ1) is 12.6. The van der Waals surface area contributed by atoms with Crippen molar-refractivity contribution in [2.24, 2.45) is 4.99 Å². The highest BCUT2D eigenvalue weighted by Crippen LogP contribution is 2.43. The summed E-state index contributed by atoms with van der Waals surface area (Å²) in [6, 6.07) is 4.45. The van der Waals surface area contributed by atoms with E-state index in [2.05, 4.69) is 27.1 Å². The van der Waals surface area contributed by atoms with Gasteiger partial charge in [0.2, 0.25) is 0 Å². The molecule has 0 radical (unpaired) electrons. The zero-order chi connectivity index (χ0) is 18.5. The highest BCUT2D eigenvalue weighted by atomic mass is 19.1. The molecule has 1 aromatic rings. The normalized spacial score (nSPS) is 24.3. The number of guanidine groups is 1. The van der Waals surface area contributed by atoms with E-state index >= 15 is 0 Å². The SMILES string of the molecule is C=CCN1CCC(NC(=NCC)NC2CC2c2c(F)cccc2F)CC1. The Hall–Kier alpha value is -1.95. The molecule has 6 heteroatoms. The quantitative estimate of drug-likeness (QED) is 0.464. The smallest absolute Gasteiger partial charge is 0.191 e. The predicted molar refractivity (Wildman–Crippen MR) is 101 cm³/mol. The summed E-state index contributed by atoms with van der Waals surface area (Å²) in [6.45, 7) is 9.44. The van der Waals surface area contributed by atoms with Crippen molar-refractivity contribution in [3.8, 4) is 0 Å². The van der Waals surface area contributed by atoms with Crippen molar-refractivity contribution in [1.29, 1.82) is 0 Å². The summed E-state index contributed by atoms with van der Waals surface area (Å²) in [4.78, 5) is 6.89. The van der Waals surface area contributed by atoms with Crippen LogP contribution in [-0.2, 0) is 0 Å². The lowest BCUT2D eigenvalue weighted by Crippen LogP contribution is -2.49. The van der Waals surface area contributed by atoms with Crippen molar-refractivity contribution in [1.82, 2.24) is 15.5 Å². The second kappa shape index (κ2) is 8.62. The number of hydrogen-bond acceptors (Lipinski definition) is 2. The van der Waals surface area contributed by atoms with Crippen LogP contribution < -0.4 is 10.6 Å². The van der Waals surface area contributed by atoms with Gasteiger partial charge in [0, 0.05) is 49.7 Å². The Balaban J connectivity index is 1.54. The summed E-state index contributed by atoms with van der Waals surface area (Å²) >= 11 is 0. The van der Waals surface area contributed by atoms with E-state index in [-0.39, 0.29) is 17.5 Å². The average Bonchev–Trinajstić information content (AvgIpc) is 3.35. The first kappa shape index (κ1) is 18.8. The highest BCUT2D eigenvalue weighted by molar-refractivity contribution is 5.81. The Morgan fingerprint density at radius 1 is 1.27 bits per heavy atom. The third-order valence-electron chi connectivity index (χ3n) is 5.12. The van der Waals surface area contributed by atoms with Gasteiger partial charge in [-0.05, 0) is 38.3 Å². The molecule has 1 heterocycles. The van der Waals surface area contributed by atoms with Crippen LogP contribution in [0.5, 0.6) is 0 Å². The van der Waals surface area contributed by atoms with E-state index in [1.807, 2.05) is 13.0 Å². The van der Waals surface area contributed by atoms with Gasteiger partial charge in [-0.25, -0.2) is 8.78 Å². The number of benzene rings is 1. The van der Waals surface area contributed by atoms with Crippen LogP contribution in [0.25, 0.3) is 0 Å². The van der Waals surface area contributed by atoms with Crippen molar-refractivity contribution < 1.29 is 8.78 Å². The molecule has 2 aliphatic rings. The number of nitrogens with one attached hydrogen (secondary N) is 2. The van der Waals surface area contributed by atoms with Crippen molar-refractivity contribution >= 4 is 5.96 Å². The Kier molecular flexibility index (Phi) is 6.25. The predicted octanol–water partition coefficient (Wildman–Crippen LogP) is 3.03. The number of piperidine rings is 1. The van der Waals surface area contributed by atoms with E-state index < -0.39 is 11.6 Å². The molecule has 1 aromatic carbocycles. The molecule has 142 valence electrons. The topological polar surface area (TPSA) is 39.7 Å². The van der Waals surface area contributed by atoms with Gasteiger partial charge in [0.25, 0.3) is 0 Å². The van der Waals surface area contributed by atoms with Crippen LogP contribution in [-0.4, -0.2) is 49.1 Å². The summed E-state index contributed by atoms with van der Waals surface area (Å²) in [5, 5.41) is 6.85. The number of halogens is 2. The second-order valence-corrected chi connectivity index (χ2v) is 7.06. The third kappa shape index (κ3) is 4.61. The zero-order valence-corrected chi connectivity index (χ0v) is 15.3. The largest absolute Gasteiger partial charge is 0.354 e. The van der Waals surface area contributed by atoms with Crippen molar-refractivity contribution in [2.45, 2.75) is 44.2 Å². The molecule has 1 aliphatic heterocycles. The summed E-state index contributed by atoms with van der Waals surface area (Å²) < 4.78 is 27.9. The average molecular weight is 362 g/mol. The van der Waals surface area contributed by atoms with Crippen LogP contribution in [0.2, 0.25) is 0 Å². The fraction of sp³-hybridized carbons (Fsp3) is 0.550. The van der Waals surface area contributed by atoms with Gasteiger partial charge in [0.15, 0.2) is 5.96 Å². The van der Waals surface area contributed by atoms with E-state index in [4.69, 9.17) is 0 Å². The summed E-state index contributed by atoms with van der Waals surface area (Å²) in [6.07, 6.45) is 4.76. The van der Waals surface area contributed by atoms with Crippen molar-refractivity contribution in [3.63, 3.8) is 0 Å². The van der Waals surface area contributed by atoms with E-state index in [9.17, 15) is 8.78 Å². The van der Waals surface area contributed by atoms with Gasteiger partial charge < -0.3 is 10.6 Å². The lowest BCUT2D eigenvalue weighted by Gasteiger charge is -2.32. The molecule has 0 bridgehead atoms. The van der Waals surface area contributed by atoms with Gasteiger partial charge >= 0.3 is 0 Å². The Bertz CT molecular complexity index is 633. The number of likely N-dealkylation sites (tertiary alicyclic amines) is 1. The molecule has 1 aliphatic carbocycles. The van der Waals surface area contributed by atoms with Crippen LogP contribution in [0.4, 0.5) is 8.78 Å². The van der Waals surface area contributed by atoms with Crippen molar-refractivity contribution in [2.75, 3.05) is 26.2 Å². The first-order valence-corrected chi connectivity index (χ1v) is 9.47. The Labute approximate surface area is 154 Å². The van der Waals surface area contributed by atoms with Gasteiger partial charge in [-0.3, -0.25) is 9.89 Å². The molecule has 3 rings (SSSR count). The molecule has 26 heavy (non-hydrogen) atoms. The highest BCUT2D eigenvalue weighted by Gasteiger charge is 2.42. The molecular formula is C20H28F2N4. The number of nitrogens with zero attached hydrogens (tertiary/aromatic N) is 2. The van der Waals surface area contributed by atoms with Crippen LogP contribution in [0.15, 0.2) is 35.8 Å². The minimum Gasteiger partial charge on any atom is -0.354 e. The molecule has 0 aromatic heterocycles. The Morgan fingerprint density at radius 2 is 1.96 bits per heavy atom. The second-order valence-electron chi connectivity index (χ2n) is 7.06. The van der Waals surface area contributed by atoms with Crippen LogP contribution in [0, 0.1) is 11.6 Å². The zero-order valence-electron chi connectivity index (χ0n) is 15.3. The van der Waals surface area contributed by atoms with Gasteiger partial charge in [-0.15, -0.1) is 6.58 Å². The standard InChI is InChI=1S/C20H28F2N4/c1-3-10-26-11-8-14(9-12-26)24-20(23-4-2)25-18-13-15(18)19-16(21)6-5-7-17(19)22/h3,5-7,14-15,18H,1,4,8-13H2,2H3,(H2,23,24,25). The molecular weight excluding hydrogens is 334 g/mol. The minimum absolute atomic E-state index is 0.0278. The minimum atomic E-state index is -0.462. The molecule has 2 unspecified atom stereocenters. The third-order valence-corrected chi connectivity index (χ3v) is 5.12. The maximum absolute atomic E-state index is 13.9. The Morgan fingerprint density at radius 3 is 2.58 bits per heavy atom. The van der Waals surface area contributed by atoms with Crippen LogP contribution in [0.3, 0.4) is 0 Å². The lowest BCUT2D eigenvalue weighted by molar-refractivity contribution is 0.225. The molecule has 1 saturated carbocycles. The van der Waals surface area contributed by atoms with E-state index in [1.165, 1.54) is 18.2 Å². The summed E-state index contributed by atoms with van der Waals surface area (Å²) in [7, 11) is 0. The fourth-order valence-corrected chi connectivity index (χ4v) is 3.64. The maximum atomic E-state index is 13.9. The van der Waals surface area contributed by atoms with E-state index in [0.29, 0.717) is 12.6 Å². The van der Waals surface area contributed by atoms with E-state index in [1.54, 1.807) is 0 Å². The van der Waals surface area contributed by atoms with Gasteiger partial charge in [0.1, 0.15) is 11.6 Å². The molecule has 2 atom stereocenters. The molecule has 4 nitrogen and oxygen atoms in total. The van der Waals surface area contributed by atoms with Gasteiger partial charge in [-0.1, -0.05) is 12.1 Å². The number of hydrogen-bond donors (Lipinski definition) is 2. The van der Waals surface area contributed by atoms with Crippen molar-refractivity contribution in [3.05, 3.63) is 48.1 Å². The maximum Gasteiger partial charge on any atom is 0.191 e. The molecule has 2 fully saturated rings. The van der Waals surface area contributed by atoms with E-state index in [0.717, 1.165) is 44.9 Å². The lowest BCUT2D eigenvalue weighted by atomic mass is 10.1. The summed E-state index contributed by atoms with van der Waals surface area (Å²) in [5.41, 5.74) is 0.193. The molecule has 2 N–H and O–H groups in total. The molecule has 0 amide bonds. The fourth-order valence-electron chi connectivity index (χ4n) is 3.64. The summed E-state index contributed by atoms with van der Waals surface area (Å²) in [5.74, 6) is -0.305. The van der Waals surface area contributed by atoms with Gasteiger partial charge in [0.05, 0.1) is 0 Å². The van der Waals surface area contributed by atoms with Crippen LogP contribution >= 0.6 is 0 Å². The number of rotatable bonds is 6. The van der Waals surface area contributed by atoms with Crippen LogP contribution in [0.1, 0.15) is 37.7 Å². The molecule has 0 spiro atoms. The first-order valence-electron chi connectivity index (χ1n) is 9.47. The monoisotopic (exact) mass is 362 g/mol. The number of aliphatic imine (C=N–C) groups is 1.